The van der Waals surface area contributed by atoms with Gasteiger partial charge in [-0.15, -0.1) is 11.6 Å². The van der Waals surface area contributed by atoms with Gasteiger partial charge in [0.2, 0.25) is 0 Å². The maximum absolute atomic E-state index is 6.23. The normalized spacial score (nSPS) is 12.7. The van der Waals surface area contributed by atoms with Crippen molar-refractivity contribution in [2.45, 2.75) is 25.1 Å². The molecule has 1 rings (SSSR count). The fraction of sp³-hybridized carbons (Fsp3) is 0.500. The smallest absolute Gasteiger partial charge is 0.0586 e. The van der Waals surface area contributed by atoms with Gasteiger partial charge in [-0.05, 0) is 25.3 Å². The predicted molar refractivity (Wildman–Crippen MR) is 60.8 cm³/mol. The van der Waals surface area contributed by atoms with Crippen LogP contribution in [0.3, 0.4) is 0 Å². The first-order chi connectivity index (χ1) is 6.84. The van der Waals surface area contributed by atoms with Gasteiger partial charge in [0.15, 0.2) is 0 Å². The second-order valence-electron chi connectivity index (χ2n) is 3.22. The van der Waals surface area contributed by atoms with E-state index in [2.05, 4.69) is 12.1 Å². The minimum atomic E-state index is 0.122. The summed E-state index contributed by atoms with van der Waals surface area (Å²) in [5.74, 6) is 0. The van der Waals surface area contributed by atoms with Gasteiger partial charge in [0, 0.05) is 13.2 Å². The van der Waals surface area contributed by atoms with Gasteiger partial charge >= 0.3 is 0 Å². The maximum atomic E-state index is 6.23. The first kappa shape index (κ1) is 11.5. The van der Waals surface area contributed by atoms with Crippen LogP contribution >= 0.6 is 11.6 Å². The first-order valence-corrected chi connectivity index (χ1v) is 5.55. The Hall–Kier alpha value is -0.530. The molecule has 0 spiro atoms. The van der Waals surface area contributed by atoms with E-state index in [1.807, 2.05) is 25.1 Å². The van der Waals surface area contributed by atoms with Crippen molar-refractivity contribution in [2.24, 2.45) is 0 Å². The third kappa shape index (κ3) is 4.12. The van der Waals surface area contributed by atoms with Crippen molar-refractivity contribution in [3.05, 3.63) is 35.9 Å². The number of halogens is 1. The molecule has 1 unspecified atom stereocenters. The summed E-state index contributed by atoms with van der Waals surface area (Å²) in [6.45, 7) is 3.61. The van der Waals surface area contributed by atoms with E-state index in [9.17, 15) is 0 Å². The van der Waals surface area contributed by atoms with Gasteiger partial charge in [-0.25, -0.2) is 0 Å². The third-order valence-electron chi connectivity index (χ3n) is 2.11. The molecule has 1 nitrogen and oxygen atoms in total. The molecule has 78 valence electrons. The summed E-state index contributed by atoms with van der Waals surface area (Å²) in [6.07, 6.45) is 2.00. The van der Waals surface area contributed by atoms with Crippen LogP contribution in [0.4, 0.5) is 0 Å². The van der Waals surface area contributed by atoms with Gasteiger partial charge < -0.3 is 4.74 Å². The van der Waals surface area contributed by atoms with E-state index in [4.69, 9.17) is 16.3 Å². The highest BCUT2D eigenvalue weighted by molar-refractivity contribution is 6.20. The first-order valence-electron chi connectivity index (χ1n) is 5.11. The highest BCUT2D eigenvalue weighted by atomic mass is 35.5. The summed E-state index contributed by atoms with van der Waals surface area (Å²) >= 11 is 6.23. The van der Waals surface area contributed by atoms with Crippen LogP contribution in [0, 0.1) is 0 Å². The lowest BCUT2D eigenvalue weighted by molar-refractivity contribution is 0.143. The van der Waals surface area contributed by atoms with Crippen molar-refractivity contribution in [1.29, 1.82) is 0 Å². The minimum absolute atomic E-state index is 0.122. The van der Waals surface area contributed by atoms with E-state index in [0.29, 0.717) is 0 Å². The second-order valence-corrected chi connectivity index (χ2v) is 3.74. The van der Waals surface area contributed by atoms with E-state index < -0.39 is 0 Å². The summed E-state index contributed by atoms with van der Waals surface area (Å²) in [5, 5.41) is 0.122. The van der Waals surface area contributed by atoms with Gasteiger partial charge in [0.05, 0.1) is 5.38 Å². The standard InChI is InChI=1S/C12H17ClO/c1-2-14-10-6-9-12(13)11-7-4-3-5-8-11/h3-5,7-8,12H,2,6,9-10H2,1H3. The molecular weight excluding hydrogens is 196 g/mol. The van der Waals surface area contributed by atoms with E-state index in [1.165, 1.54) is 5.56 Å². The average molecular weight is 213 g/mol. The zero-order chi connectivity index (χ0) is 10.2. The van der Waals surface area contributed by atoms with Crippen molar-refractivity contribution in [2.75, 3.05) is 13.2 Å². The summed E-state index contributed by atoms with van der Waals surface area (Å²) in [5.41, 5.74) is 1.20. The highest BCUT2D eigenvalue weighted by Gasteiger charge is 2.05. The Morgan fingerprint density at radius 1 is 1.29 bits per heavy atom. The van der Waals surface area contributed by atoms with E-state index in [1.54, 1.807) is 0 Å². The summed E-state index contributed by atoms with van der Waals surface area (Å²) in [6, 6.07) is 10.2. The molecule has 0 N–H and O–H groups in total. The lowest BCUT2D eigenvalue weighted by Crippen LogP contribution is -1.96. The van der Waals surface area contributed by atoms with Crippen molar-refractivity contribution >= 4 is 11.6 Å². The zero-order valence-electron chi connectivity index (χ0n) is 8.58. The van der Waals surface area contributed by atoms with Crippen LogP contribution < -0.4 is 0 Å². The summed E-state index contributed by atoms with van der Waals surface area (Å²) in [7, 11) is 0. The van der Waals surface area contributed by atoms with Crippen LogP contribution in [0.25, 0.3) is 0 Å². The number of ether oxygens (including phenoxy) is 1. The summed E-state index contributed by atoms with van der Waals surface area (Å²) < 4.78 is 5.26. The molecule has 0 aliphatic heterocycles. The fourth-order valence-corrected chi connectivity index (χ4v) is 1.64. The highest BCUT2D eigenvalue weighted by Crippen LogP contribution is 2.24. The van der Waals surface area contributed by atoms with Crippen LogP contribution in [0.15, 0.2) is 30.3 Å². The quantitative estimate of drug-likeness (QED) is 0.515. The number of benzene rings is 1. The molecule has 1 aromatic rings. The molecule has 0 aliphatic rings. The van der Waals surface area contributed by atoms with E-state index in [0.717, 1.165) is 26.1 Å². The third-order valence-corrected chi connectivity index (χ3v) is 2.58. The number of rotatable bonds is 6. The van der Waals surface area contributed by atoms with Crippen molar-refractivity contribution in [3.63, 3.8) is 0 Å². The molecule has 0 aliphatic carbocycles. The molecule has 0 bridgehead atoms. The Morgan fingerprint density at radius 3 is 2.64 bits per heavy atom. The van der Waals surface area contributed by atoms with Gasteiger partial charge in [-0.2, -0.15) is 0 Å². The molecule has 0 radical (unpaired) electrons. The zero-order valence-corrected chi connectivity index (χ0v) is 9.33. The molecular formula is C12H17ClO. The topological polar surface area (TPSA) is 9.23 Å². The predicted octanol–water partition coefficient (Wildman–Crippen LogP) is 3.78. The second kappa shape index (κ2) is 6.86. The Bertz CT molecular complexity index is 235. The maximum Gasteiger partial charge on any atom is 0.0586 e. The molecule has 0 heterocycles. The van der Waals surface area contributed by atoms with Gasteiger partial charge in [0.1, 0.15) is 0 Å². The lowest BCUT2D eigenvalue weighted by atomic mass is 10.1. The van der Waals surface area contributed by atoms with Gasteiger partial charge in [0.25, 0.3) is 0 Å². The number of hydrogen-bond donors (Lipinski definition) is 0. The Labute approximate surface area is 91.0 Å². The fourth-order valence-electron chi connectivity index (χ4n) is 1.34. The number of hydrogen-bond acceptors (Lipinski definition) is 1. The average Bonchev–Trinajstić information content (AvgIpc) is 2.25. The molecule has 0 amide bonds. The largest absolute Gasteiger partial charge is 0.382 e. The SMILES string of the molecule is CCOCCCC(Cl)c1ccccc1. The monoisotopic (exact) mass is 212 g/mol. The molecule has 14 heavy (non-hydrogen) atoms. The van der Waals surface area contributed by atoms with Crippen molar-refractivity contribution in [1.82, 2.24) is 0 Å². The Morgan fingerprint density at radius 2 is 2.00 bits per heavy atom. The van der Waals surface area contributed by atoms with Crippen LogP contribution in [0.1, 0.15) is 30.7 Å². The Kier molecular flexibility index (Phi) is 5.65. The Balaban J connectivity index is 2.25. The van der Waals surface area contributed by atoms with Crippen LogP contribution in [-0.4, -0.2) is 13.2 Å². The van der Waals surface area contributed by atoms with E-state index in [-0.39, 0.29) is 5.38 Å². The van der Waals surface area contributed by atoms with Crippen molar-refractivity contribution < 1.29 is 4.74 Å². The molecule has 0 saturated carbocycles. The lowest BCUT2D eigenvalue weighted by Gasteiger charge is -2.09. The van der Waals surface area contributed by atoms with Crippen LogP contribution in [0.5, 0.6) is 0 Å². The molecule has 0 aromatic heterocycles. The van der Waals surface area contributed by atoms with Crippen molar-refractivity contribution in [3.8, 4) is 0 Å². The van der Waals surface area contributed by atoms with E-state index >= 15 is 0 Å². The molecule has 1 aromatic carbocycles. The molecule has 0 fully saturated rings. The minimum Gasteiger partial charge on any atom is -0.382 e. The molecule has 2 heteroatoms. The molecule has 0 saturated heterocycles. The van der Waals surface area contributed by atoms with Gasteiger partial charge in [-0.3, -0.25) is 0 Å². The van der Waals surface area contributed by atoms with Crippen LogP contribution in [-0.2, 0) is 4.74 Å². The number of alkyl halides is 1. The molecule has 1 atom stereocenters. The van der Waals surface area contributed by atoms with Gasteiger partial charge in [-0.1, -0.05) is 30.3 Å². The van der Waals surface area contributed by atoms with Crippen LogP contribution in [0.2, 0.25) is 0 Å². The summed E-state index contributed by atoms with van der Waals surface area (Å²) in [4.78, 5) is 0.